The number of benzene rings is 1. The molecule has 0 aliphatic carbocycles. The zero-order valence-corrected chi connectivity index (χ0v) is 18.4. The first-order chi connectivity index (χ1) is 16.1. The molecule has 2 radical (unpaired) electrons. The number of methoxy groups -OCH3 is 1. The lowest BCUT2D eigenvalue weighted by atomic mass is 10.1. The van der Waals surface area contributed by atoms with Crippen molar-refractivity contribution in [2.45, 2.75) is 20.0 Å². The molecule has 0 saturated carbocycles. The third-order valence-corrected chi connectivity index (χ3v) is 5.36. The van der Waals surface area contributed by atoms with Crippen LogP contribution in [0.15, 0.2) is 67.1 Å². The van der Waals surface area contributed by atoms with E-state index in [1.807, 2.05) is 67.7 Å². The topological polar surface area (TPSA) is 84.2 Å². The fourth-order valence-electron chi connectivity index (χ4n) is 3.83. The van der Waals surface area contributed by atoms with Gasteiger partial charge < -0.3 is 14.5 Å². The Morgan fingerprint density at radius 1 is 1.03 bits per heavy atom. The lowest BCUT2D eigenvalue weighted by molar-refractivity contribution is 0.386. The minimum atomic E-state index is 0.419. The van der Waals surface area contributed by atoms with Gasteiger partial charge in [0.25, 0.3) is 0 Å². The highest BCUT2D eigenvalue weighted by molar-refractivity contribution is 6.04. The molecular formula is C24H22BN7O. The lowest BCUT2D eigenvalue weighted by Gasteiger charge is -2.17. The third-order valence-electron chi connectivity index (χ3n) is 5.36. The van der Waals surface area contributed by atoms with Gasteiger partial charge in [0.2, 0.25) is 0 Å². The van der Waals surface area contributed by atoms with Crippen molar-refractivity contribution in [2.75, 3.05) is 7.11 Å². The molecule has 0 spiro atoms. The number of pyridine rings is 2. The molecule has 0 fully saturated rings. The summed E-state index contributed by atoms with van der Waals surface area (Å²) in [5, 5.41) is 4.25. The first-order valence-electron chi connectivity index (χ1n) is 10.5. The van der Waals surface area contributed by atoms with Gasteiger partial charge in [-0.2, -0.15) is 5.10 Å². The number of aromatic amines is 1. The van der Waals surface area contributed by atoms with Crippen molar-refractivity contribution >= 4 is 13.6 Å². The van der Waals surface area contributed by atoms with E-state index in [4.69, 9.17) is 22.7 Å². The summed E-state index contributed by atoms with van der Waals surface area (Å²) in [6.07, 6.45) is 3.44. The molecule has 4 aromatic heterocycles. The molecule has 8 nitrogen and oxygen atoms in total. The molecule has 1 aromatic carbocycles. The van der Waals surface area contributed by atoms with Crippen LogP contribution in [0.4, 0.5) is 0 Å². The molecule has 5 aromatic rings. The van der Waals surface area contributed by atoms with Gasteiger partial charge in [-0.3, -0.25) is 4.98 Å². The number of H-pyrrole nitrogens is 1. The minimum Gasteiger partial charge on any atom is -0.496 e. The second-order valence-corrected chi connectivity index (χ2v) is 7.77. The van der Waals surface area contributed by atoms with Crippen molar-refractivity contribution in [2.24, 2.45) is 0 Å². The molecule has 0 saturated heterocycles. The Bertz CT molecular complexity index is 1410. The molecule has 0 aliphatic heterocycles. The van der Waals surface area contributed by atoms with E-state index >= 15 is 0 Å². The maximum absolute atomic E-state index is 6.36. The average Bonchev–Trinajstić information content (AvgIpc) is 3.46. The summed E-state index contributed by atoms with van der Waals surface area (Å²) in [6.45, 7) is 2.90. The van der Waals surface area contributed by atoms with Crippen molar-refractivity contribution in [3.63, 3.8) is 0 Å². The summed E-state index contributed by atoms with van der Waals surface area (Å²) in [6, 6.07) is 17.7. The average molecular weight is 435 g/mol. The largest absolute Gasteiger partial charge is 0.496 e. The summed E-state index contributed by atoms with van der Waals surface area (Å²) in [7, 11) is 8.02. The fraction of sp³-hybridized carbons (Fsp3) is 0.167. The molecular weight excluding hydrogens is 413 g/mol. The number of fused-ring (bicyclic) bond motifs is 1. The van der Waals surface area contributed by atoms with Gasteiger partial charge in [0.05, 0.1) is 24.2 Å². The fourth-order valence-corrected chi connectivity index (χ4v) is 3.83. The second kappa shape index (κ2) is 8.87. The monoisotopic (exact) mass is 435 g/mol. The number of nitrogens with one attached hydrogen (secondary N) is 1. The van der Waals surface area contributed by atoms with Gasteiger partial charge in [0.1, 0.15) is 17.9 Å². The number of rotatable bonds is 7. The standard InChI is InChI=1S/C24H22BN7O/c1-16-6-5-8-19(28-16)24-23(18-10-11-22-26-15-27-32(22)13-18)29-21(30-24)14-31(25)12-17-7-3-4-9-20(17)33-2/h3-11,13,15H,12,14H2,1-2H3,(H,29,30). The summed E-state index contributed by atoms with van der Waals surface area (Å²) in [5.74, 6) is 1.54. The number of para-hydroxylation sites is 1. The van der Waals surface area contributed by atoms with Gasteiger partial charge in [-0.05, 0) is 37.3 Å². The maximum atomic E-state index is 6.36. The van der Waals surface area contributed by atoms with Gasteiger partial charge in [-0.15, -0.1) is 0 Å². The first kappa shape index (κ1) is 20.9. The number of hydrogen-bond donors (Lipinski definition) is 1. The Kier molecular flexibility index (Phi) is 5.62. The van der Waals surface area contributed by atoms with Gasteiger partial charge in [-0.25, -0.2) is 14.5 Å². The number of nitrogens with zero attached hydrogens (tertiary/aromatic N) is 6. The van der Waals surface area contributed by atoms with Crippen LogP contribution in [-0.2, 0) is 13.1 Å². The molecule has 0 unspecified atom stereocenters. The van der Waals surface area contributed by atoms with E-state index in [0.717, 1.165) is 51.1 Å². The van der Waals surface area contributed by atoms with Crippen LogP contribution >= 0.6 is 0 Å². The second-order valence-electron chi connectivity index (χ2n) is 7.77. The summed E-state index contributed by atoms with van der Waals surface area (Å²) in [4.78, 5) is 19.0. The highest BCUT2D eigenvalue weighted by Crippen LogP contribution is 2.30. The van der Waals surface area contributed by atoms with E-state index in [1.165, 1.54) is 6.33 Å². The lowest BCUT2D eigenvalue weighted by Crippen LogP contribution is -2.20. The molecule has 0 bridgehead atoms. The summed E-state index contributed by atoms with van der Waals surface area (Å²) < 4.78 is 7.18. The van der Waals surface area contributed by atoms with E-state index in [0.29, 0.717) is 13.1 Å². The molecule has 0 aliphatic rings. The predicted molar refractivity (Wildman–Crippen MR) is 127 cm³/mol. The van der Waals surface area contributed by atoms with Crippen LogP contribution in [0.5, 0.6) is 5.75 Å². The van der Waals surface area contributed by atoms with Crippen molar-refractivity contribution in [1.29, 1.82) is 0 Å². The molecule has 5 rings (SSSR count). The quantitative estimate of drug-likeness (QED) is 0.394. The van der Waals surface area contributed by atoms with Crippen LogP contribution in [0, 0.1) is 6.92 Å². The Balaban J connectivity index is 1.50. The van der Waals surface area contributed by atoms with Crippen molar-refractivity contribution in [3.05, 3.63) is 84.2 Å². The zero-order chi connectivity index (χ0) is 22.8. The summed E-state index contributed by atoms with van der Waals surface area (Å²) in [5.41, 5.74) is 6.04. The number of imidazole rings is 1. The summed E-state index contributed by atoms with van der Waals surface area (Å²) >= 11 is 0. The molecule has 0 amide bonds. The smallest absolute Gasteiger partial charge is 0.183 e. The van der Waals surface area contributed by atoms with Gasteiger partial charge >= 0.3 is 0 Å². The molecule has 33 heavy (non-hydrogen) atoms. The number of aromatic nitrogens is 6. The van der Waals surface area contributed by atoms with Gasteiger partial charge in [-0.1, -0.05) is 24.3 Å². The van der Waals surface area contributed by atoms with Crippen LogP contribution in [0.1, 0.15) is 17.1 Å². The number of aryl methyl sites for hydroxylation is 1. The van der Waals surface area contributed by atoms with E-state index in [1.54, 1.807) is 16.4 Å². The van der Waals surface area contributed by atoms with Crippen LogP contribution in [0.25, 0.3) is 28.3 Å². The highest BCUT2D eigenvalue weighted by Gasteiger charge is 2.17. The molecule has 4 heterocycles. The van der Waals surface area contributed by atoms with E-state index in [-0.39, 0.29) is 0 Å². The van der Waals surface area contributed by atoms with Crippen molar-refractivity contribution in [1.82, 2.24) is 34.4 Å². The molecule has 0 atom stereocenters. The van der Waals surface area contributed by atoms with Crippen LogP contribution in [0.2, 0.25) is 0 Å². The predicted octanol–water partition coefficient (Wildman–Crippen LogP) is 3.58. The van der Waals surface area contributed by atoms with Crippen molar-refractivity contribution in [3.8, 4) is 28.4 Å². The van der Waals surface area contributed by atoms with Crippen LogP contribution in [-0.4, -0.2) is 49.5 Å². The van der Waals surface area contributed by atoms with Crippen LogP contribution in [0.3, 0.4) is 0 Å². The number of hydrogen-bond acceptors (Lipinski definition) is 6. The first-order valence-corrected chi connectivity index (χ1v) is 10.5. The van der Waals surface area contributed by atoms with E-state index in [9.17, 15) is 0 Å². The van der Waals surface area contributed by atoms with Crippen molar-refractivity contribution < 1.29 is 4.74 Å². The zero-order valence-electron chi connectivity index (χ0n) is 18.4. The molecule has 1 N–H and O–H groups in total. The Morgan fingerprint density at radius 2 is 1.91 bits per heavy atom. The van der Waals surface area contributed by atoms with Crippen LogP contribution < -0.4 is 4.74 Å². The minimum absolute atomic E-state index is 0.419. The Labute approximate surface area is 192 Å². The highest BCUT2D eigenvalue weighted by atomic mass is 16.5. The Hall–Kier alpha value is -3.98. The third kappa shape index (κ3) is 4.35. The molecule has 9 heteroatoms. The number of ether oxygens (including phenoxy) is 1. The van der Waals surface area contributed by atoms with Gasteiger partial charge in [0, 0.05) is 36.1 Å². The van der Waals surface area contributed by atoms with Gasteiger partial charge in [0.15, 0.2) is 13.6 Å². The van der Waals surface area contributed by atoms with E-state index < -0.39 is 0 Å². The normalized spacial score (nSPS) is 11.4. The maximum Gasteiger partial charge on any atom is 0.183 e. The van der Waals surface area contributed by atoms with E-state index in [2.05, 4.69) is 15.1 Å². The Morgan fingerprint density at radius 3 is 2.76 bits per heavy atom. The molecule has 162 valence electrons. The SMILES string of the molecule is [B]N(Cc1nc(-c2ccc3ncnn3c2)c(-c2cccc(C)n2)[nH]1)Cc1ccccc1OC.